The van der Waals surface area contributed by atoms with E-state index >= 15 is 0 Å². The van der Waals surface area contributed by atoms with Crippen molar-refractivity contribution in [2.75, 3.05) is 4.90 Å². The van der Waals surface area contributed by atoms with Crippen molar-refractivity contribution in [2.45, 2.75) is 26.8 Å². The summed E-state index contributed by atoms with van der Waals surface area (Å²) in [6.07, 6.45) is 1.22. The molecule has 0 saturated carbocycles. The summed E-state index contributed by atoms with van der Waals surface area (Å²) in [6, 6.07) is 5.67. The maximum Gasteiger partial charge on any atom is 0.114 e. The number of hydrogen-bond acceptors (Lipinski definition) is 2. The van der Waals surface area contributed by atoms with Crippen molar-refractivity contribution in [1.82, 2.24) is 0 Å². The lowest BCUT2D eigenvalue weighted by atomic mass is 10.1. The molecule has 1 aromatic rings. The Bertz CT molecular complexity index is 391. The van der Waals surface area contributed by atoms with Crippen LogP contribution in [0.2, 0.25) is 0 Å². The van der Waals surface area contributed by atoms with Gasteiger partial charge in [0.1, 0.15) is 5.84 Å². The first-order valence-electron chi connectivity index (χ1n) is 5.18. The van der Waals surface area contributed by atoms with E-state index in [9.17, 15) is 0 Å². The standard InChI is InChI=1S/C12H18N4/c1-8-5-4-6-9(2)11(8)16(7-13)10(3)12(14)15/h4-7,10,13H,1-3H3,(H3,14,15). The molecule has 0 aromatic heterocycles. The van der Waals surface area contributed by atoms with E-state index in [0.29, 0.717) is 0 Å². The molecule has 0 fully saturated rings. The van der Waals surface area contributed by atoms with Gasteiger partial charge in [0.25, 0.3) is 0 Å². The van der Waals surface area contributed by atoms with Crippen LogP contribution in [0.5, 0.6) is 0 Å². The topological polar surface area (TPSA) is 77.0 Å². The van der Waals surface area contributed by atoms with Gasteiger partial charge in [-0.2, -0.15) is 0 Å². The van der Waals surface area contributed by atoms with Gasteiger partial charge >= 0.3 is 0 Å². The number of amidine groups is 1. The molecule has 4 N–H and O–H groups in total. The minimum Gasteiger partial charge on any atom is -0.386 e. The lowest BCUT2D eigenvalue weighted by Gasteiger charge is -2.28. The summed E-state index contributed by atoms with van der Waals surface area (Å²) in [6.45, 7) is 5.80. The largest absolute Gasteiger partial charge is 0.386 e. The van der Waals surface area contributed by atoms with Gasteiger partial charge in [0.15, 0.2) is 0 Å². The van der Waals surface area contributed by atoms with Gasteiger partial charge in [-0.05, 0) is 31.9 Å². The van der Waals surface area contributed by atoms with Crippen LogP contribution >= 0.6 is 0 Å². The number of para-hydroxylation sites is 1. The van der Waals surface area contributed by atoms with Gasteiger partial charge in [0.05, 0.1) is 12.4 Å². The average molecular weight is 218 g/mol. The highest BCUT2D eigenvalue weighted by molar-refractivity contribution is 5.94. The molecule has 86 valence electrons. The van der Waals surface area contributed by atoms with Crippen molar-refractivity contribution in [1.29, 1.82) is 10.8 Å². The van der Waals surface area contributed by atoms with Crippen LogP contribution in [0.25, 0.3) is 0 Å². The molecule has 16 heavy (non-hydrogen) atoms. The summed E-state index contributed by atoms with van der Waals surface area (Å²) in [5.41, 5.74) is 8.61. The third kappa shape index (κ3) is 2.21. The Hall–Kier alpha value is -1.84. The summed E-state index contributed by atoms with van der Waals surface area (Å²) >= 11 is 0. The zero-order valence-electron chi connectivity index (χ0n) is 9.91. The molecule has 0 bridgehead atoms. The van der Waals surface area contributed by atoms with Gasteiger partial charge in [-0.3, -0.25) is 10.8 Å². The second-order valence-electron chi connectivity index (χ2n) is 3.91. The van der Waals surface area contributed by atoms with Crippen molar-refractivity contribution < 1.29 is 0 Å². The second-order valence-corrected chi connectivity index (χ2v) is 3.91. The van der Waals surface area contributed by atoms with Crippen molar-refractivity contribution in [3.8, 4) is 0 Å². The number of anilines is 1. The van der Waals surface area contributed by atoms with E-state index in [4.69, 9.17) is 16.6 Å². The molecular weight excluding hydrogens is 200 g/mol. The van der Waals surface area contributed by atoms with E-state index in [2.05, 4.69) is 0 Å². The number of aryl methyl sites for hydroxylation is 2. The lowest BCUT2D eigenvalue weighted by molar-refractivity contribution is 0.909. The molecule has 0 aliphatic carbocycles. The van der Waals surface area contributed by atoms with E-state index in [1.54, 1.807) is 4.90 Å². The maximum absolute atomic E-state index is 7.46. The molecule has 0 heterocycles. The first-order chi connectivity index (χ1) is 7.49. The quantitative estimate of drug-likeness (QED) is 0.534. The van der Waals surface area contributed by atoms with Crippen molar-refractivity contribution in [2.24, 2.45) is 5.73 Å². The van der Waals surface area contributed by atoms with E-state index in [0.717, 1.165) is 16.8 Å². The normalized spacial score (nSPS) is 11.9. The summed E-state index contributed by atoms with van der Waals surface area (Å²) in [7, 11) is 0. The Labute approximate surface area is 96.1 Å². The predicted octanol–water partition coefficient (Wildman–Crippen LogP) is 2.04. The molecule has 1 atom stereocenters. The minimum absolute atomic E-state index is 0.0613. The highest BCUT2D eigenvalue weighted by atomic mass is 15.2. The van der Waals surface area contributed by atoms with Gasteiger partial charge in [-0.1, -0.05) is 18.2 Å². The van der Waals surface area contributed by atoms with Gasteiger partial charge in [0.2, 0.25) is 0 Å². The zero-order valence-corrected chi connectivity index (χ0v) is 9.91. The van der Waals surface area contributed by atoms with Crippen LogP contribution in [0.4, 0.5) is 5.69 Å². The van der Waals surface area contributed by atoms with E-state index in [-0.39, 0.29) is 11.9 Å². The summed E-state index contributed by atoms with van der Waals surface area (Å²) in [5.74, 6) is 0.0613. The van der Waals surface area contributed by atoms with E-state index in [1.807, 2.05) is 39.0 Å². The Balaban J connectivity index is 3.23. The summed E-state index contributed by atoms with van der Waals surface area (Å²) < 4.78 is 0. The molecule has 0 aliphatic rings. The maximum atomic E-state index is 7.46. The third-order valence-electron chi connectivity index (χ3n) is 2.70. The fraction of sp³-hybridized carbons (Fsp3) is 0.333. The molecule has 4 heteroatoms. The Morgan fingerprint density at radius 3 is 2.25 bits per heavy atom. The second kappa shape index (κ2) is 4.79. The number of nitrogens with zero attached hydrogens (tertiary/aromatic N) is 1. The van der Waals surface area contributed by atoms with Crippen molar-refractivity contribution in [3.05, 3.63) is 29.3 Å². The van der Waals surface area contributed by atoms with Crippen LogP contribution < -0.4 is 10.6 Å². The molecular formula is C12H18N4. The van der Waals surface area contributed by atoms with Gasteiger partial charge in [-0.15, -0.1) is 0 Å². The molecule has 1 rings (SSSR count). The van der Waals surface area contributed by atoms with Crippen LogP contribution in [0.15, 0.2) is 18.2 Å². The zero-order chi connectivity index (χ0) is 12.3. The van der Waals surface area contributed by atoms with Gasteiger partial charge < -0.3 is 10.6 Å². The third-order valence-corrected chi connectivity index (χ3v) is 2.70. The summed E-state index contributed by atoms with van der Waals surface area (Å²) in [4.78, 5) is 1.72. The number of benzene rings is 1. The fourth-order valence-electron chi connectivity index (χ4n) is 1.73. The Morgan fingerprint density at radius 2 is 1.88 bits per heavy atom. The Morgan fingerprint density at radius 1 is 1.38 bits per heavy atom. The first kappa shape index (κ1) is 12.2. The number of rotatable bonds is 4. The highest BCUT2D eigenvalue weighted by Gasteiger charge is 2.18. The molecule has 0 aliphatic heterocycles. The Kier molecular flexibility index (Phi) is 3.66. The highest BCUT2D eigenvalue weighted by Crippen LogP contribution is 2.25. The molecule has 0 radical (unpaired) electrons. The smallest absolute Gasteiger partial charge is 0.114 e. The summed E-state index contributed by atoms with van der Waals surface area (Å²) in [5, 5.41) is 14.9. The molecule has 1 unspecified atom stereocenters. The average Bonchev–Trinajstić information content (AvgIpc) is 2.22. The van der Waals surface area contributed by atoms with Gasteiger partial charge in [-0.25, -0.2) is 0 Å². The number of hydrogen-bond donors (Lipinski definition) is 3. The van der Waals surface area contributed by atoms with Crippen LogP contribution in [-0.2, 0) is 0 Å². The first-order valence-corrected chi connectivity index (χ1v) is 5.18. The van der Waals surface area contributed by atoms with Gasteiger partial charge in [0, 0.05) is 5.69 Å². The van der Waals surface area contributed by atoms with E-state index in [1.165, 1.54) is 6.34 Å². The predicted molar refractivity (Wildman–Crippen MR) is 68.6 cm³/mol. The minimum atomic E-state index is -0.294. The molecule has 0 amide bonds. The van der Waals surface area contributed by atoms with Crippen LogP contribution in [0, 0.1) is 24.7 Å². The SMILES string of the molecule is Cc1cccc(C)c1N(C=N)C(C)C(=N)N. The van der Waals surface area contributed by atoms with Crippen LogP contribution in [0.3, 0.4) is 0 Å². The van der Waals surface area contributed by atoms with Crippen molar-refractivity contribution in [3.63, 3.8) is 0 Å². The van der Waals surface area contributed by atoms with E-state index < -0.39 is 0 Å². The monoisotopic (exact) mass is 218 g/mol. The molecule has 4 nitrogen and oxygen atoms in total. The molecule has 0 saturated heterocycles. The van der Waals surface area contributed by atoms with Crippen LogP contribution in [0.1, 0.15) is 18.1 Å². The number of nitrogens with one attached hydrogen (secondary N) is 2. The number of nitrogens with two attached hydrogens (primary N) is 1. The lowest BCUT2D eigenvalue weighted by Crippen LogP contribution is -2.42. The fourth-order valence-corrected chi connectivity index (χ4v) is 1.73. The molecule has 0 spiro atoms. The van der Waals surface area contributed by atoms with Crippen molar-refractivity contribution >= 4 is 17.9 Å². The molecule has 1 aromatic carbocycles. The van der Waals surface area contributed by atoms with Crippen LogP contribution in [-0.4, -0.2) is 18.2 Å².